The van der Waals surface area contributed by atoms with Crippen molar-refractivity contribution in [2.45, 2.75) is 25.0 Å². The third-order valence-corrected chi connectivity index (χ3v) is 6.50. The zero-order valence-corrected chi connectivity index (χ0v) is 17.5. The van der Waals surface area contributed by atoms with Gasteiger partial charge in [-0.2, -0.15) is 0 Å². The van der Waals surface area contributed by atoms with Crippen LogP contribution in [0, 0.1) is 5.92 Å². The largest absolute Gasteiger partial charge is 0.489 e. The normalized spacial score (nSPS) is 21.1. The lowest BCUT2D eigenvalue weighted by atomic mass is 9.75. The Morgan fingerprint density at radius 3 is 2.58 bits per heavy atom. The number of halogens is 1. The summed E-state index contributed by atoms with van der Waals surface area (Å²) in [7, 11) is 0. The molecular formula is C26H22ClNO3. The second-order valence-electron chi connectivity index (χ2n) is 8.01. The first-order chi connectivity index (χ1) is 15.1. The van der Waals surface area contributed by atoms with E-state index in [2.05, 4.69) is 29.6 Å². The molecule has 2 N–H and O–H groups in total. The summed E-state index contributed by atoms with van der Waals surface area (Å²) >= 11 is 6.49. The molecule has 0 bridgehead atoms. The Hall–Kier alpha value is -3.24. The van der Waals surface area contributed by atoms with Crippen molar-refractivity contribution in [2.24, 2.45) is 5.92 Å². The molecule has 0 aromatic heterocycles. The molecule has 0 saturated carbocycles. The van der Waals surface area contributed by atoms with Gasteiger partial charge in [-0.1, -0.05) is 66.2 Å². The molecule has 1 heterocycles. The van der Waals surface area contributed by atoms with Crippen molar-refractivity contribution in [1.29, 1.82) is 0 Å². The van der Waals surface area contributed by atoms with Crippen LogP contribution in [0.2, 0.25) is 5.02 Å². The standard InChI is InChI=1S/C26H22ClNO3/c27-22-14-13-21(26(29)30)23-19-7-4-8-20(19)24(28-25(22)23)17-9-11-18(12-10-17)31-15-16-5-2-1-3-6-16/h1-7,9-14,19-20,24,28H,8,15H2,(H,29,30)/t19-,20-,24+/m1/s1. The van der Waals surface area contributed by atoms with Crippen LogP contribution in [0.4, 0.5) is 5.69 Å². The van der Waals surface area contributed by atoms with E-state index in [9.17, 15) is 9.90 Å². The quantitative estimate of drug-likeness (QED) is 0.456. The van der Waals surface area contributed by atoms with Gasteiger partial charge in [0.05, 0.1) is 22.3 Å². The minimum absolute atomic E-state index is 0.0278. The highest BCUT2D eigenvalue weighted by atomic mass is 35.5. The fourth-order valence-electron chi connectivity index (χ4n) is 4.70. The van der Waals surface area contributed by atoms with Crippen molar-refractivity contribution in [3.63, 3.8) is 0 Å². The minimum atomic E-state index is -0.924. The van der Waals surface area contributed by atoms with E-state index in [1.165, 1.54) is 0 Å². The molecule has 0 saturated heterocycles. The molecule has 2 aliphatic rings. The topological polar surface area (TPSA) is 58.6 Å². The molecule has 1 aliphatic carbocycles. The molecule has 0 radical (unpaired) electrons. The second-order valence-corrected chi connectivity index (χ2v) is 8.41. The number of hydrogen-bond acceptors (Lipinski definition) is 3. The number of rotatable bonds is 5. The predicted octanol–water partition coefficient (Wildman–Crippen LogP) is 6.44. The first-order valence-electron chi connectivity index (χ1n) is 10.4. The summed E-state index contributed by atoms with van der Waals surface area (Å²) < 4.78 is 5.92. The number of ether oxygens (including phenoxy) is 1. The van der Waals surface area contributed by atoms with E-state index in [4.69, 9.17) is 16.3 Å². The molecular weight excluding hydrogens is 410 g/mol. The van der Waals surface area contributed by atoms with E-state index in [-0.39, 0.29) is 17.9 Å². The average molecular weight is 432 g/mol. The van der Waals surface area contributed by atoms with Gasteiger partial charge in [-0.25, -0.2) is 4.79 Å². The number of carbonyl (C=O) groups is 1. The average Bonchev–Trinajstić information content (AvgIpc) is 3.29. The number of fused-ring (bicyclic) bond motifs is 3. The Balaban J connectivity index is 1.41. The molecule has 1 aliphatic heterocycles. The Labute approximate surface area is 186 Å². The first kappa shape index (κ1) is 19.7. The molecule has 0 fully saturated rings. The predicted molar refractivity (Wildman–Crippen MR) is 122 cm³/mol. The van der Waals surface area contributed by atoms with Crippen molar-refractivity contribution in [1.82, 2.24) is 0 Å². The number of anilines is 1. The van der Waals surface area contributed by atoms with Gasteiger partial charge in [0.2, 0.25) is 0 Å². The summed E-state index contributed by atoms with van der Waals surface area (Å²) in [6.45, 7) is 0.525. The van der Waals surface area contributed by atoms with Gasteiger partial charge in [-0.3, -0.25) is 0 Å². The van der Waals surface area contributed by atoms with Crippen LogP contribution in [-0.2, 0) is 6.61 Å². The first-order valence-corrected chi connectivity index (χ1v) is 10.7. The van der Waals surface area contributed by atoms with Crippen LogP contribution in [0.3, 0.4) is 0 Å². The number of carboxylic acids is 1. The summed E-state index contributed by atoms with van der Waals surface area (Å²) in [5, 5.41) is 13.8. The van der Waals surface area contributed by atoms with Crippen LogP contribution in [0.25, 0.3) is 0 Å². The highest BCUT2D eigenvalue weighted by molar-refractivity contribution is 6.33. The maximum atomic E-state index is 11.8. The van der Waals surface area contributed by atoms with Gasteiger partial charge < -0.3 is 15.2 Å². The fraction of sp³-hybridized carbons (Fsp3) is 0.192. The third kappa shape index (κ3) is 3.68. The Kier molecular flexibility index (Phi) is 5.16. The molecule has 4 nitrogen and oxygen atoms in total. The van der Waals surface area contributed by atoms with Crippen molar-refractivity contribution in [3.05, 3.63) is 106 Å². The van der Waals surface area contributed by atoms with Gasteiger partial charge in [-0.15, -0.1) is 0 Å². The number of allylic oxidation sites excluding steroid dienone is 2. The maximum Gasteiger partial charge on any atom is 0.336 e. The monoisotopic (exact) mass is 431 g/mol. The second kappa shape index (κ2) is 8.12. The lowest BCUT2D eigenvalue weighted by Gasteiger charge is -2.38. The lowest BCUT2D eigenvalue weighted by molar-refractivity contribution is 0.0695. The van der Waals surface area contributed by atoms with Crippen molar-refractivity contribution in [3.8, 4) is 5.75 Å². The summed E-state index contributed by atoms with van der Waals surface area (Å²) in [5.74, 6) is 0.156. The summed E-state index contributed by atoms with van der Waals surface area (Å²) in [6, 6.07) is 21.5. The number of nitrogens with one attached hydrogen (secondary N) is 1. The van der Waals surface area contributed by atoms with Crippen molar-refractivity contribution >= 4 is 23.3 Å². The van der Waals surface area contributed by atoms with Gasteiger partial charge in [0.1, 0.15) is 12.4 Å². The van der Waals surface area contributed by atoms with Crippen LogP contribution in [-0.4, -0.2) is 11.1 Å². The molecule has 31 heavy (non-hydrogen) atoms. The molecule has 3 aromatic rings. The van der Waals surface area contributed by atoms with Gasteiger partial charge >= 0.3 is 5.97 Å². The molecule has 0 spiro atoms. The van der Waals surface area contributed by atoms with Gasteiger partial charge in [-0.05, 0) is 53.3 Å². The lowest BCUT2D eigenvalue weighted by Crippen LogP contribution is -2.30. The third-order valence-electron chi connectivity index (χ3n) is 6.19. The van der Waals surface area contributed by atoms with E-state index in [0.29, 0.717) is 17.2 Å². The number of carboxylic acid groups (broad SMARTS) is 1. The van der Waals surface area contributed by atoms with Crippen molar-refractivity contribution < 1.29 is 14.6 Å². The van der Waals surface area contributed by atoms with Gasteiger partial charge in [0.25, 0.3) is 0 Å². The van der Waals surface area contributed by atoms with Crippen molar-refractivity contribution in [2.75, 3.05) is 5.32 Å². The molecule has 5 heteroatoms. The zero-order valence-electron chi connectivity index (χ0n) is 16.8. The summed E-state index contributed by atoms with van der Waals surface area (Å²) in [4.78, 5) is 11.8. The van der Waals surface area contributed by atoms with E-state index in [1.807, 2.05) is 42.5 Å². The Bertz CT molecular complexity index is 1140. The van der Waals surface area contributed by atoms with Crippen LogP contribution in [0.1, 0.15) is 45.4 Å². The molecule has 3 atom stereocenters. The van der Waals surface area contributed by atoms with E-state index >= 15 is 0 Å². The van der Waals surface area contributed by atoms with Crippen LogP contribution < -0.4 is 10.1 Å². The minimum Gasteiger partial charge on any atom is -0.489 e. The van der Waals surface area contributed by atoms with Crippen LogP contribution in [0.15, 0.2) is 78.9 Å². The highest BCUT2D eigenvalue weighted by Gasteiger charge is 2.40. The Morgan fingerprint density at radius 2 is 1.84 bits per heavy atom. The molecule has 5 rings (SSSR count). The fourth-order valence-corrected chi connectivity index (χ4v) is 4.92. The highest BCUT2D eigenvalue weighted by Crippen LogP contribution is 2.52. The SMILES string of the molecule is O=C(O)c1ccc(Cl)c2c1[C@@H]1C=CC[C@H]1[C@H](c1ccc(OCc3ccccc3)cc1)N2. The van der Waals surface area contributed by atoms with E-state index in [1.54, 1.807) is 12.1 Å². The molecule has 156 valence electrons. The Morgan fingerprint density at radius 1 is 1.06 bits per heavy atom. The molecule has 0 unspecified atom stereocenters. The smallest absolute Gasteiger partial charge is 0.336 e. The number of aromatic carboxylic acids is 1. The summed E-state index contributed by atoms with van der Waals surface area (Å²) in [6.07, 6.45) is 5.15. The van der Waals surface area contributed by atoms with E-state index in [0.717, 1.165) is 34.5 Å². The molecule has 3 aromatic carbocycles. The molecule has 0 amide bonds. The number of hydrogen-bond donors (Lipinski definition) is 2. The van der Waals surface area contributed by atoms with Crippen LogP contribution >= 0.6 is 11.6 Å². The van der Waals surface area contributed by atoms with Gasteiger partial charge in [0, 0.05) is 5.92 Å². The van der Waals surface area contributed by atoms with Gasteiger partial charge in [0.15, 0.2) is 0 Å². The van der Waals surface area contributed by atoms with E-state index < -0.39 is 5.97 Å². The summed E-state index contributed by atoms with van der Waals surface area (Å²) in [5.41, 5.74) is 4.09. The number of benzene rings is 3. The van der Waals surface area contributed by atoms with Crippen LogP contribution in [0.5, 0.6) is 5.75 Å². The maximum absolute atomic E-state index is 11.8. The zero-order chi connectivity index (χ0) is 21.4.